The summed E-state index contributed by atoms with van der Waals surface area (Å²) in [5.41, 5.74) is 5.67. The number of hydrogen-bond donors (Lipinski definition) is 1. The van der Waals surface area contributed by atoms with Gasteiger partial charge in [-0.1, -0.05) is 12.1 Å². The quantitative estimate of drug-likeness (QED) is 0.575. The first-order valence-electron chi connectivity index (χ1n) is 9.67. The van der Waals surface area contributed by atoms with Gasteiger partial charge >= 0.3 is 5.69 Å². The number of fused-ring (bicyclic) bond motifs is 3. The van der Waals surface area contributed by atoms with Crippen molar-refractivity contribution in [2.24, 2.45) is 14.1 Å². The van der Waals surface area contributed by atoms with Gasteiger partial charge in [0.2, 0.25) is 5.78 Å². The van der Waals surface area contributed by atoms with E-state index in [1.165, 1.54) is 22.7 Å². The SMILES string of the molecule is Cc1ccc(C)c(NCCn2c(C)c(C)n3c4c(=O)n(C)c(=O)n(C)c4nc23)c1. The summed E-state index contributed by atoms with van der Waals surface area (Å²) in [6, 6.07) is 6.35. The second-order valence-corrected chi connectivity index (χ2v) is 7.69. The Balaban J connectivity index is 1.79. The summed E-state index contributed by atoms with van der Waals surface area (Å²) in [5.74, 6) is 0.677. The molecule has 0 spiro atoms. The molecular formula is C21H26N6O2. The van der Waals surface area contributed by atoms with E-state index in [1.54, 1.807) is 7.05 Å². The molecule has 0 unspecified atom stereocenters. The van der Waals surface area contributed by atoms with Gasteiger partial charge in [0.05, 0.1) is 0 Å². The Hall–Kier alpha value is -3.29. The highest BCUT2D eigenvalue weighted by molar-refractivity contribution is 5.76. The molecule has 4 aromatic rings. The molecule has 8 nitrogen and oxygen atoms in total. The summed E-state index contributed by atoms with van der Waals surface area (Å²) in [4.78, 5) is 29.7. The minimum Gasteiger partial charge on any atom is -0.383 e. The number of aryl methyl sites for hydroxylation is 4. The average Bonchev–Trinajstić information content (AvgIpc) is 3.18. The largest absolute Gasteiger partial charge is 0.383 e. The summed E-state index contributed by atoms with van der Waals surface area (Å²) in [5, 5.41) is 3.50. The van der Waals surface area contributed by atoms with Crippen LogP contribution in [0.3, 0.4) is 0 Å². The topological polar surface area (TPSA) is 78.3 Å². The maximum absolute atomic E-state index is 12.8. The van der Waals surface area contributed by atoms with Crippen LogP contribution in [0.2, 0.25) is 0 Å². The van der Waals surface area contributed by atoms with Crippen molar-refractivity contribution in [2.45, 2.75) is 34.2 Å². The van der Waals surface area contributed by atoms with Crippen LogP contribution in [0.4, 0.5) is 5.69 Å². The Morgan fingerprint density at radius 1 is 1.00 bits per heavy atom. The fourth-order valence-corrected chi connectivity index (χ4v) is 3.89. The highest BCUT2D eigenvalue weighted by Gasteiger charge is 2.21. The Morgan fingerprint density at radius 3 is 2.45 bits per heavy atom. The lowest BCUT2D eigenvalue weighted by atomic mass is 10.1. The lowest BCUT2D eigenvalue weighted by Gasteiger charge is -2.12. The lowest BCUT2D eigenvalue weighted by Crippen LogP contribution is -2.37. The zero-order chi connectivity index (χ0) is 21.0. The van der Waals surface area contributed by atoms with E-state index < -0.39 is 0 Å². The van der Waals surface area contributed by atoms with E-state index in [-0.39, 0.29) is 11.2 Å². The molecule has 3 heterocycles. The van der Waals surface area contributed by atoms with Crippen molar-refractivity contribution in [3.63, 3.8) is 0 Å². The summed E-state index contributed by atoms with van der Waals surface area (Å²) in [6.07, 6.45) is 0. The molecule has 8 heteroatoms. The third-order valence-corrected chi connectivity index (χ3v) is 5.79. The molecule has 0 aliphatic carbocycles. The first-order valence-corrected chi connectivity index (χ1v) is 9.67. The maximum atomic E-state index is 12.8. The number of benzene rings is 1. The number of aromatic nitrogens is 5. The average molecular weight is 394 g/mol. The Bertz CT molecular complexity index is 1380. The van der Waals surface area contributed by atoms with Gasteiger partial charge in [0, 0.05) is 44.3 Å². The molecular weight excluding hydrogens is 368 g/mol. The third-order valence-electron chi connectivity index (χ3n) is 5.79. The number of hydrogen-bond acceptors (Lipinski definition) is 4. The second kappa shape index (κ2) is 6.65. The molecule has 4 rings (SSSR count). The van der Waals surface area contributed by atoms with Crippen LogP contribution in [0.25, 0.3) is 16.9 Å². The summed E-state index contributed by atoms with van der Waals surface area (Å²) >= 11 is 0. The van der Waals surface area contributed by atoms with Gasteiger partial charge in [-0.3, -0.25) is 18.3 Å². The van der Waals surface area contributed by atoms with Crippen LogP contribution in [0.15, 0.2) is 27.8 Å². The number of imidazole rings is 2. The predicted molar refractivity (Wildman–Crippen MR) is 115 cm³/mol. The number of nitrogens with one attached hydrogen (secondary N) is 1. The van der Waals surface area contributed by atoms with E-state index >= 15 is 0 Å². The van der Waals surface area contributed by atoms with Crippen molar-refractivity contribution in [3.8, 4) is 0 Å². The van der Waals surface area contributed by atoms with Crippen LogP contribution in [-0.4, -0.2) is 29.6 Å². The molecule has 29 heavy (non-hydrogen) atoms. The molecule has 0 aliphatic heterocycles. The van der Waals surface area contributed by atoms with E-state index in [0.29, 0.717) is 23.5 Å². The van der Waals surface area contributed by atoms with Crippen molar-refractivity contribution in [3.05, 3.63) is 61.6 Å². The van der Waals surface area contributed by atoms with Crippen LogP contribution < -0.4 is 16.6 Å². The van der Waals surface area contributed by atoms with Gasteiger partial charge in [-0.25, -0.2) is 4.79 Å². The van der Waals surface area contributed by atoms with Crippen molar-refractivity contribution in [1.29, 1.82) is 0 Å². The molecule has 0 amide bonds. The van der Waals surface area contributed by atoms with Gasteiger partial charge in [-0.15, -0.1) is 0 Å². The fourth-order valence-electron chi connectivity index (χ4n) is 3.89. The molecule has 0 fully saturated rings. The normalized spacial score (nSPS) is 11.7. The van der Waals surface area contributed by atoms with Gasteiger partial charge in [0.25, 0.3) is 5.56 Å². The summed E-state index contributed by atoms with van der Waals surface area (Å²) in [6.45, 7) is 9.57. The molecule has 0 atom stereocenters. The van der Waals surface area contributed by atoms with Crippen LogP contribution in [-0.2, 0) is 20.6 Å². The molecule has 1 aromatic carbocycles. The predicted octanol–water partition coefficient (Wildman–Crippen LogP) is 2.03. The molecule has 0 radical (unpaired) electrons. The van der Waals surface area contributed by atoms with Crippen LogP contribution in [0, 0.1) is 27.7 Å². The third kappa shape index (κ3) is 2.78. The van der Waals surface area contributed by atoms with E-state index in [0.717, 1.165) is 28.2 Å². The van der Waals surface area contributed by atoms with Crippen molar-refractivity contribution in [2.75, 3.05) is 11.9 Å². The Morgan fingerprint density at radius 2 is 1.72 bits per heavy atom. The van der Waals surface area contributed by atoms with Crippen molar-refractivity contribution < 1.29 is 0 Å². The highest BCUT2D eigenvalue weighted by Crippen LogP contribution is 2.21. The van der Waals surface area contributed by atoms with Crippen molar-refractivity contribution in [1.82, 2.24) is 23.1 Å². The maximum Gasteiger partial charge on any atom is 0.332 e. The van der Waals surface area contributed by atoms with Gasteiger partial charge in [0.15, 0.2) is 11.2 Å². The lowest BCUT2D eigenvalue weighted by molar-refractivity contribution is 0.705. The number of rotatable bonds is 4. The van der Waals surface area contributed by atoms with E-state index in [9.17, 15) is 9.59 Å². The van der Waals surface area contributed by atoms with Crippen LogP contribution >= 0.6 is 0 Å². The number of nitrogens with zero attached hydrogens (tertiary/aromatic N) is 5. The van der Waals surface area contributed by atoms with E-state index in [4.69, 9.17) is 0 Å². The van der Waals surface area contributed by atoms with E-state index in [2.05, 4.69) is 46.9 Å². The van der Waals surface area contributed by atoms with Crippen molar-refractivity contribution >= 4 is 22.6 Å². The Labute approximate surface area is 168 Å². The fraction of sp³-hybridized carbons (Fsp3) is 0.381. The Kier molecular flexibility index (Phi) is 4.37. The summed E-state index contributed by atoms with van der Waals surface area (Å²) < 4.78 is 6.52. The second-order valence-electron chi connectivity index (χ2n) is 7.69. The molecule has 0 saturated carbocycles. The minimum absolute atomic E-state index is 0.329. The van der Waals surface area contributed by atoms with Crippen LogP contribution in [0.1, 0.15) is 22.5 Å². The molecule has 3 aromatic heterocycles. The smallest absolute Gasteiger partial charge is 0.332 e. The molecule has 0 saturated heterocycles. The molecule has 152 valence electrons. The van der Waals surface area contributed by atoms with Gasteiger partial charge in [0.1, 0.15) is 0 Å². The van der Waals surface area contributed by atoms with Gasteiger partial charge < -0.3 is 9.88 Å². The molecule has 0 bridgehead atoms. The monoisotopic (exact) mass is 394 g/mol. The zero-order valence-corrected chi connectivity index (χ0v) is 17.7. The first-order chi connectivity index (χ1) is 13.7. The highest BCUT2D eigenvalue weighted by atomic mass is 16.2. The molecule has 0 aliphatic rings. The zero-order valence-electron chi connectivity index (χ0n) is 17.7. The molecule has 1 N–H and O–H groups in total. The van der Waals surface area contributed by atoms with Crippen LogP contribution in [0.5, 0.6) is 0 Å². The summed E-state index contributed by atoms with van der Waals surface area (Å²) in [7, 11) is 3.14. The number of anilines is 1. The first kappa shape index (κ1) is 19.0. The minimum atomic E-state index is -0.374. The standard InChI is InChI=1S/C21H26N6O2/c1-12-7-8-13(2)16(11-12)22-9-10-26-14(3)15(4)27-17-18(23-20(26)27)24(5)21(29)25(6)19(17)28/h7-8,11,22H,9-10H2,1-6H3. The van der Waals surface area contributed by atoms with E-state index in [1.807, 2.05) is 18.2 Å². The van der Waals surface area contributed by atoms with Gasteiger partial charge in [-0.2, -0.15) is 4.98 Å². The van der Waals surface area contributed by atoms with Gasteiger partial charge in [-0.05, 0) is 44.9 Å².